The fourth-order valence-electron chi connectivity index (χ4n) is 2.13. The van der Waals surface area contributed by atoms with Crippen LogP contribution in [0.4, 0.5) is 4.79 Å². The SMILES string of the molecule is COc1ccc(C(C)=NN=C2C(=CN(C)C)C(=O)NC(=O)N2C)cc1. The van der Waals surface area contributed by atoms with Crippen molar-refractivity contribution in [2.24, 2.45) is 10.2 Å². The largest absolute Gasteiger partial charge is 0.497 e. The summed E-state index contributed by atoms with van der Waals surface area (Å²) in [7, 11) is 6.68. The van der Waals surface area contributed by atoms with E-state index in [0.29, 0.717) is 5.71 Å². The number of carbonyl (C=O) groups excluding carboxylic acids is 2. The Morgan fingerprint density at radius 2 is 1.88 bits per heavy atom. The Labute approximate surface area is 146 Å². The lowest BCUT2D eigenvalue weighted by Crippen LogP contribution is -2.52. The average molecular weight is 343 g/mol. The molecule has 3 amide bonds. The van der Waals surface area contributed by atoms with E-state index in [4.69, 9.17) is 4.74 Å². The Bertz CT molecular complexity index is 763. The first-order chi connectivity index (χ1) is 11.8. The number of hydrogen-bond donors (Lipinski definition) is 1. The molecule has 0 unspecified atom stereocenters. The number of nitrogens with one attached hydrogen (secondary N) is 1. The van der Waals surface area contributed by atoms with Crippen molar-refractivity contribution < 1.29 is 14.3 Å². The van der Waals surface area contributed by atoms with E-state index in [1.54, 1.807) is 39.2 Å². The Morgan fingerprint density at radius 1 is 1.24 bits per heavy atom. The summed E-state index contributed by atoms with van der Waals surface area (Å²) in [5.41, 5.74) is 1.77. The second-order valence-electron chi connectivity index (χ2n) is 5.66. The van der Waals surface area contributed by atoms with E-state index in [1.807, 2.05) is 24.3 Å². The summed E-state index contributed by atoms with van der Waals surface area (Å²) in [4.78, 5) is 26.9. The van der Waals surface area contributed by atoms with Crippen LogP contribution in [0.3, 0.4) is 0 Å². The topological polar surface area (TPSA) is 86.6 Å². The first-order valence-electron chi connectivity index (χ1n) is 7.57. The Hall–Kier alpha value is -3.16. The molecule has 1 aliphatic rings. The third-order valence-corrected chi connectivity index (χ3v) is 3.52. The highest BCUT2D eigenvalue weighted by Crippen LogP contribution is 2.14. The van der Waals surface area contributed by atoms with E-state index < -0.39 is 11.9 Å². The summed E-state index contributed by atoms with van der Waals surface area (Å²) in [6.45, 7) is 1.80. The molecule has 8 heteroatoms. The Kier molecular flexibility index (Phi) is 5.53. The molecule has 1 heterocycles. The van der Waals surface area contributed by atoms with Crippen LogP contribution in [0.25, 0.3) is 0 Å². The van der Waals surface area contributed by atoms with Gasteiger partial charge in [-0.1, -0.05) is 0 Å². The normalized spacial score (nSPS) is 18.6. The summed E-state index contributed by atoms with van der Waals surface area (Å²) in [5, 5.41) is 10.6. The van der Waals surface area contributed by atoms with Crippen LogP contribution >= 0.6 is 0 Å². The van der Waals surface area contributed by atoms with Gasteiger partial charge in [0, 0.05) is 27.3 Å². The number of methoxy groups -OCH3 is 1. The third kappa shape index (κ3) is 4.23. The highest BCUT2D eigenvalue weighted by atomic mass is 16.5. The van der Waals surface area contributed by atoms with E-state index >= 15 is 0 Å². The molecule has 0 bridgehead atoms. The van der Waals surface area contributed by atoms with Gasteiger partial charge < -0.3 is 9.64 Å². The zero-order chi connectivity index (χ0) is 18.6. The van der Waals surface area contributed by atoms with Crippen molar-refractivity contribution in [3.05, 3.63) is 41.6 Å². The Morgan fingerprint density at radius 3 is 2.44 bits per heavy atom. The molecule has 0 aromatic heterocycles. The number of likely N-dealkylation sites (N-methyl/N-ethyl adjacent to an activating group) is 1. The monoisotopic (exact) mass is 343 g/mol. The van der Waals surface area contributed by atoms with Gasteiger partial charge in [0.2, 0.25) is 0 Å². The molecular weight excluding hydrogens is 322 g/mol. The van der Waals surface area contributed by atoms with Crippen molar-refractivity contribution in [1.29, 1.82) is 0 Å². The van der Waals surface area contributed by atoms with Gasteiger partial charge >= 0.3 is 6.03 Å². The van der Waals surface area contributed by atoms with Crippen LogP contribution in [-0.2, 0) is 4.79 Å². The van der Waals surface area contributed by atoms with E-state index in [0.717, 1.165) is 11.3 Å². The van der Waals surface area contributed by atoms with Gasteiger partial charge in [0.05, 0.1) is 12.8 Å². The molecule has 1 aliphatic heterocycles. The van der Waals surface area contributed by atoms with E-state index in [2.05, 4.69) is 15.5 Å². The molecule has 8 nitrogen and oxygen atoms in total. The molecule has 0 saturated carbocycles. The number of ether oxygens (including phenoxy) is 1. The number of nitrogens with zero attached hydrogens (tertiary/aromatic N) is 4. The quantitative estimate of drug-likeness (QED) is 0.509. The minimum Gasteiger partial charge on any atom is -0.497 e. The maximum Gasteiger partial charge on any atom is 0.329 e. The van der Waals surface area contributed by atoms with Crippen LogP contribution in [0.5, 0.6) is 5.75 Å². The van der Waals surface area contributed by atoms with Crippen LogP contribution < -0.4 is 10.1 Å². The molecule has 0 aliphatic carbocycles. The van der Waals surface area contributed by atoms with Crippen LogP contribution in [0.15, 0.2) is 46.2 Å². The zero-order valence-electron chi connectivity index (χ0n) is 14.9. The summed E-state index contributed by atoms with van der Waals surface area (Å²) in [6, 6.07) is 6.82. The van der Waals surface area contributed by atoms with Gasteiger partial charge in [-0.05, 0) is 36.8 Å². The maximum absolute atomic E-state index is 12.1. The molecule has 1 N–H and O–H groups in total. The first-order valence-corrected chi connectivity index (χ1v) is 7.57. The molecule has 0 spiro atoms. The lowest BCUT2D eigenvalue weighted by atomic mass is 10.1. The number of hydrogen-bond acceptors (Lipinski definition) is 6. The lowest BCUT2D eigenvalue weighted by Gasteiger charge is -2.26. The molecule has 0 atom stereocenters. The summed E-state index contributed by atoms with van der Waals surface area (Å²) in [5.74, 6) is 0.427. The van der Waals surface area contributed by atoms with Crippen molar-refractivity contribution in [1.82, 2.24) is 15.1 Å². The number of amides is 3. The van der Waals surface area contributed by atoms with E-state index in [9.17, 15) is 9.59 Å². The van der Waals surface area contributed by atoms with Crippen LogP contribution in [0.2, 0.25) is 0 Å². The van der Waals surface area contributed by atoms with E-state index in [1.165, 1.54) is 11.9 Å². The molecule has 1 aromatic carbocycles. The highest BCUT2D eigenvalue weighted by molar-refractivity contribution is 6.30. The summed E-state index contributed by atoms with van der Waals surface area (Å²) >= 11 is 0. The number of amidine groups is 1. The third-order valence-electron chi connectivity index (χ3n) is 3.52. The smallest absolute Gasteiger partial charge is 0.329 e. The molecule has 2 rings (SSSR count). The Balaban J connectivity index is 2.39. The fraction of sp³-hybridized carbons (Fsp3) is 0.294. The molecule has 1 saturated heterocycles. The fourth-order valence-corrected chi connectivity index (χ4v) is 2.13. The van der Waals surface area contributed by atoms with Crippen molar-refractivity contribution in [2.75, 3.05) is 28.3 Å². The van der Waals surface area contributed by atoms with Crippen molar-refractivity contribution in [3.63, 3.8) is 0 Å². The van der Waals surface area contributed by atoms with E-state index in [-0.39, 0.29) is 11.4 Å². The minimum atomic E-state index is -0.544. The average Bonchev–Trinajstić information content (AvgIpc) is 2.58. The maximum atomic E-state index is 12.1. The van der Waals surface area contributed by atoms with Crippen molar-refractivity contribution in [3.8, 4) is 5.75 Å². The molecule has 25 heavy (non-hydrogen) atoms. The van der Waals surface area contributed by atoms with Gasteiger partial charge in [-0.2, -0.15) is 5.10 Å². The molecular formula is C17H21N5O3. The van der Waals surface area contributed by atoms with Gasteiger partial charge in [-0.3, -0.25) is 15.0 Å². The van der Waals surface area contributed by atoms with Gasteiger partial charge in [-0.15, -0.1) is 5.10 Å². The highest BCUT2D eigenvalue weighted by Gasteiger charge is 2.31. The van der Waals surface area contributed by atoms with Gasteiger partial charge in [0.1, 0.15) is 11.3 Å². The summed E-state index contributed by atoms with van der Waals surface area (Å²) in [6.07, 6.45) is 1.59. The predicted molar refractivity (Wildman–Crippen MR) is 95.7 cm³/mol. The van der Waals surface area contributed by atoms with Crippen molar-refractivity contribution >= 4 is 23.5 Å². The zero-order valence-corrected chi connectivity index (χ0v) is 14.9. The first kappa shape index (κ1) is 18.2. The number of imide groups is 1. The number of urea groups is 1. The van der Waals surface area contributed by atoms with Crippen LogP contribution in [0, 0.1) is 0 Å². The van der Waals surface area contributed by atoms with Crippen LogP contribution in [-0.4, -0.2) is 61.5 Å². The predicted octanol–water partition coefficient (Wildman–Crippen LogP) is 1.44. The van der Waals surface area contributed by atoms with Gasteiger partial charge in [0.15, 0.2) is 5.84 Å². The minimum absolute atomic E-state index is 0.190. The second kappa shape index (κ2) is 7.61. The van der Waals surface area contributed by atoms with Crippen molar-refractivity contribution in [2.45, 2.75) is 6.92 Å². The van der Waals surface area contributed by atoms with Gasteiger partial charge in [0.25, 0.3) is 5.91 Å². The van der Waals surface area contributed by atoms with Crippen LogP contribution in [0.1, 0.15) is 12.5 Å². The molecule has 1 aromatic rings. The molecule has 1 fully saturated rings. The standard InChI is InChI=1S/C17H21N5O3/c1-11(12-6-8-13(25-5)9-7-12)19-20-15-14(10-21(2)3)16(23)18-17(24)22(15)4/h6-10H,1-5H3,(H,18,23,24). The molecule has 0 radical (unpaired) electrons. The summed E-state index contributed by atoms with van der Waals surface area (Å²) < 4.78 is 5.12. The lowest BCUT2D eigenvalue weighted by molar-refractivity contribution is -0.116. The number of rotatable bonds is 4. The number of benzene rings is 1. The number of carbonyl (C=O) groups is 2. The second-order valence-corrected chi connectivity index (χ2v) is 5.66. The molecule has 132 valence electrons. The van der Waals surface area contributed by atoms with Gasteiger partial charge in [-0.25, -0.2) is 4.79 Å².